The van der Waals surface area contributed by atoms with Crippen molar-refractivity contribution in [2.45, 2.75) is 19.4 Å². The summed E-state index contributed by atoms with van der Waals surface area (Å²) in [6, 6.07) is 6.86. The van der Waals surface area contributed by atoms with Gasteiger partial charge in [0.2, 0.25) is 5.91 Å². The van der Waals surface area contributed by atoms with Crippen molar-refractivity contribution in [2.24, 2.45) is 5.73 Å². The zero-order chi connectivity index (χ0) is 14.3. The number of likely N-dealkylation sites (N-methyl/N-ethyl adjacent to an activating group) is 1. The van der Waals surface area contributed by atoms with E-state index in [1.807, 2.05) is 44.1 Å². The second-order valence-corrected chi connectivity index (χ2v) is 4.68. The molecule has 106 valence electrons. The lowest BCUT2D eigenvalue weighted by atomic mass is 10.2. The molecule has 0 saturated carbocycles. The maximum absolute atomic E-state index is 11.7. The van der Waals surface area contributed by atoms with Gasteiger partial charge in [0.25, 0.3) is 0 Å². The molecule has 0 heterocycles. The highest BCUT2D eigenvalue weighted by Crippen LogP contribution is 2.17. The molecule has 5 heteroatoms. The summed E-state index contributed by atoms with van der Waals surface area (Å²) in [5, 5.41) is 2.78. The maximum atomic E-state index is 11.7. The number of nitrogens with zero attached hydrogens (tertiary/aromatic N) is 1. The molecule has 0 fully saturated rings. The Labute approximate surface area is 114 Å². The molecule has 1 atom stereocenters. The fraction of sp³-hybridized carbons (Fsp3) is 0.500. The average molecular weight is 265 g/mol. The molecule has 0 aliphatic heterocycles. The fourth-order valence-corrected chi connectivity index (χ4v) is 1.43. The zero-order valence-electron chi connectivity index (χ0n) is 11.8. The van der Waals surface area contributed by atoms with Crippen molar-refractivity contribution in [1.29, 1.82) is 0 Å². The van der Waals surface area contributed by atoms with Gasteiger partial charge in [-0.1, -0.05) is 13.0 Å². The van der Waals surface area contributed by atoms with Gasteiger partial charge >= 0.3 is 0 Å². The first kappa shape index (κ1) is 15.5. The normalized spacial score (nSPS) is 12.3. The molecule has 19 heavy (non-hydrogen) atoms. The van der Waals surface area contributed by atoms with Crippen molar-refractivity contribution in [3.8, 4) is 5.75 Å². The molecule has 0 unspecified atom stereocenters. The van der Waals surface area contributed by atoms with Crippen LogP contribution in [0.5, 0.6) is 5.75 Å². The highest BCUT2D eigenvalue weighted by atomic mass is 16.5. The number of anilines is 1. The van der Waals surface area contributed by atoms with Gasteiger partial charge in [0.1, 0.15) is 12.4 Å². The summed E-state index contributed by atoms with van der Waals surface area (Å²) < 4.78 is 5.60. The summed E-state index contributed by atoms with van der Waals surface area (Å²) in [5.41, 5.74) is 6.37. The molecule has 0 spiro atoms. The minimum atomic E-state index is -0.474. The van der Waals surface area contributed by atoms with Gasteiger partial charge in [0, 0.05) is 18.3 Å². The summed E-state index contributed by atoms with van der Waals surface area (Å²) in [6.07, 6.45) is 0.616. The van der Waals surface area contributed by atoms with E-state index < -0.39 is 6.04 Å². The Morgan fingerprint density at radius 1 is 1.47 bits per heavy atom. The standard InChI is InChI=1S/C14H23N3O2/c1-4-13(15)14(18)16-11-6-5-7-12(10-11)19-9-8-17(2)3/h5-7,10,13H,4,8-9,15H2,1-3H3,(H,16,18)/t13-/m1/s1. The molecule has 5 nitrogen and oxygen atoms in total. The molecule has 1 amide bonds. The monoisotopic (exact) mass is 265 g/mol. The molecule has 0 bridgehead atoms. The van der Waals surface area contributed by atoms with E-state index in [1.165, 1.54) is 0 Å². The van der Waals surface area contributed by atoms with E-state index in [4.69, 9.17) is 10.5 Å². The number of hydrogen-bond donors (Lipinski definition) is 2. The van der Waals surface area contributed by atoms with Gasteiger partial charge in [-0.3, -0.25) is 4.79 Å². The molecule has 1 aromatic carbocycles. The van der Waals surface area contributed by atoms with Gasteiger partial charge in [0.05, 0.1) is 6.04 Å². The molecule has 3 N–H and O–H groups in total. The lowest BCUT2D eigenvalue weighted by Gasteiger charge is -2.13. The van der Waals surface area contributed by atoms with Gasteiger partial charge in [0.15, 0.2) is 0 Å². The number of carbonyl (C=O) groups excluding carboxylic acids is 1. The van der Waals surface area contributed by atoms with Crippen LogP contribution in [0.2, 0.25) is 0 Å². The minimum Gasteiger partial charge on any atom is -0.492 e. The fourth-order valence-electron chi connectivity index (χ4n) is 1.43. The number of nitrogens with one attached hydrogen (secondary N) is 1. The third-order valence-corrected chi connectivity index (χ3v) is 2.69. The van der Waals surface area contributed by atoms with Gasteiger partial charge in [-0.25, -0.2) is 0 Å². The van der Waals surface area contributed by atoms with E-state index in [-0.39, 0.29) is 5.91 Å². The number of amides is 1. The molecule has 0 saturated heterocycles. The summed E-state index contributed by atoms with van der Waals surface area (Å²) >= 11 is 0. The Hall–Kier alpha value is -1.59. The number of hydrogen-bond acceptors (Lipinski definition) is 4. The Kier molecular flexibility index (Phi) is 6.32. The van der Waals surface area contributed by atoms with Gasteiger partial charge in [-0.05, 0) is 32.6 Å². The first-order chi connectivity index (χ1) is 9.02. The Morgan fingerprint density at radius 3 is 2.84 bits per heavy atom. The molecular formula is C14H23N3O2. The van der Waals surface area contributed by atoms with Crippen LogP contribution in [0.25, 0.3) is 0 Å². The maximum Gasteiger partial charge on any atom is 0.241 e. The summed E-state index contributed by atoms with van der Waals surface area (Å²) in [6.45, 7) is 3.33. The van der Waals surface area contributed by atoms with E-state index in [9.17, 15) is 4.79 Å². The Balaban J connectivity index is 2.54. The smallest absolute Gasteiger partial charge is 0.241 e. The van der Waals surface area contributed by atoms with Crippen LogP contribution in [0.15, 0.2) is 24.3 Å². The number of rotatable bonds is 7. The van der Waals surface area contributed by atoms with Crippen LogP contribution >= 0.6 is 0 Å². The molecule has 0 radical (unpaired) electrons. The van der Waals surface area contributed by atoms with Gasteiger partial charge < -0.3 is 20.7 Å². The largest absolute Gasteiger partial charge is 0.492 e. The third kappa shape index (κ3) is 5.72. The predicted molar refractivity (Wildman–Crippen MR) is 77.4 cm³/mol. The molecular weight excluding hydrogens is 242 g/mol. The van der Waals surface area contributed by atoms with E-state index in [1.54, 1.807) is 6.07 Å². The lowest BCUT2D eigenvalue weighted by molar-refractivity contribution is -0.117. The Bertz CT molecular complexity index is 407. The van der Waals surface area contributed by atoms with Crippen LogP contribution in [-0.2, 0) is 4.79 Å². The third-order valence-electron chi connectivity index (χ3n) is 2.69. The molecule has 0 aromatic heterocycles. The number of nitrogens with two attached hydrogens (primary N) is 1. The van der Waals surface area contributed by atoms with Crippen molar-refractivity contribution in [3.05, 3.63) is 24.3 Å². The second-order valence-electron chi connectivity index (χ2n) is 4.68. The van der Waals surface area contributed by atoms with Crippen LogP contribution in [-0.4, -0.2) is 44.1 Å². The van der Waals surface area contributed by atoms with Crippen LogP contribution in [0, 0.1) is 0 Å². The van der Waals surface area contributed by atoms with Gasteiger partial charge in [-0.2, -0.15) is 0 Å². The summed E-state index contributed by atoms with van der Waals surface area (Å²) in [5.74, 6) is 0.567. The van der Waals surface area contributed by atoms with E-state index in [2.05, 4.69) is 5.32 Å². The van der Waals surface area contributed by atoms with Crippen LogP contribution in [0.1, 0.15) is 13.3 Å². The van der Waals surface area contributed by atoms with Crippen LogP contribution < -0.4 is 15.8 Å². The number of benzene rings is 1. The summed E-state index contributed by atoms with van der Waals surface area (Å²) in [4.78, 5) is 13.7. The quantitative estimate of drug-likeness (QED) is 0.780. The molecule has 1 aromatic rings. The predicted octanol–water partition coefficient (Wildman–Crippen LogP) is 1.30. The Morgan fingerprint density at radius 2 is 2.21 bits per heavy atom. The second kappa shape index (κ2) is 7.76. The molecule has 0 aliphatic rings. The minimum absolute atomic E-state index is 0.173. The lowest BCUT2D eigenvalue weighted by Crippen LogP contribution is -2.34. The van der Waals surface area contributed by atoms with Crippen molar-refractivity contribution in [3.63, 3.8) is 0 Å². The van der Waals surface area contributed by atoms with Gasteiger partial charge in [-0.15, -0.1) is 0 Å². The average Bonchev–Trinajstić information content (AvgIpc) is 2.37. The van der Waals surface area contributed by atoms with Crippen molar-refractivity contribution in [1.82, 2.24) is 4.90 Å². The van der Waals surface area contributed by atoms with E-state index >= 15 is 0 Å². The molecule has 0 aliphatic carbocycles. The highest BCUT2D eigenvalue weighted by molar-refractivity contribution is 5.94. The SMILES string of the molecule is CC[C@@H](N)C(=O)Nc1cccc(OCCN(C)C)c1. The topological polar surface area (TPSA) is 67.6 Å². The van der Waals surface area contributed by atoms with Crippen molar-refractivity contribution >= 4 is 11.6 Å². The number of carbonyl (C=O) groups is 1. The summed E-state index contributed by atoms with van der Waals surface area (Å²) in [7, 11) is 3.98. The van der Waals surface area contributed by atoms with E-state index in [0.717, 1.165) is 12.3 Å². The van der Waals surface area contributed by atoms with Crippen LogP contribution in [0.4, 0.5) is 5.69 Å². The first-order valence-corrected chi connectivity index (χ1v) is 6.47. The van der Waals surface area contributed by atoms with Crippen molar-refractivity contribution in [2.75, 3.05) is 32.6 Å². The van der Waals surface area contributed by atoms with E-state index in [0.29, 0.717) is 18.7 Å². The first-order valence-electron chi connectivity index (χ1n) is 6.47. The van der Waals surface area contributed by atoms with Crippen LogP contribution in [0.3, 0.4) is 0 Å². The molecule has 1 rings (SSSR count). The highest BCUT2D eigenvalue weighted by Gasteiger charge is 2.11. The zero-order valence-corrected chi connectivity index (χ0v) is 11.8. The number of ether oxygens (including phenoxy) is 1. The van der Waals surface area contributed by atoms with Crippen molar-refractivity contribution < 1.29 is 9.53 Å².